The van der Waals surface area contributed by atoms with E-state index in [1.165, 1.54) is 11.3 Å². The maximum Gasteiger partial charge on any atom is 0.326 e. The van der Waals surface area contributed by atoms with Crippen LogP contribution < -0.4 is 5.32 Å². The molecule has 1 amide bonds. The number of nitrogens with zero attached hydrogens (tertiary/aromatic N) is 1. The van der Waals surface area contributed by atoms with E-state index < -0.39 is 12.0 Å². The topological polar surface area (TPSA) is 95.1 Å². The van der Waals surface area contributed by atoms with Crippen molar-refractivity contribution < 1.29 is 14.7 Å². The van der Waals surface area contributed by atoms with E-state index >= 15 is 0 Å². The van der Waals surface area contributed by atoms with Gasteiger partial charge in [0.15, 0.2) is 0 Å². The Hall–Kier alpha value is -2.97. The van der Waals surface area contributed by atoms with Crippen molar-refractivity contribution in [1.29, 1.82) is 0 Å². The van der Waals surface area contributed by atoms with Gasteiger partial charge in [0.1, 0.15) is 11.0 Å². The first-order valence-corrected chi connectivity index (χ1v) is 10.9. The number of hydrogen-bond acceptors (Lipinski definition) is 4. The molecule has 0 aliphatic heterocycles. The van der Waals surface area contributed by atoms with Gasteiger partial charge >= 0.3 is 5.97 Å². The van der Waals surface area contributed by atoms with Crippen LogP contribution in [0.25, 0.3) is 21.5 Å². The van der Waals surface area contributed by atoms with Gasteiger partial charge in [-0.3, -0.25) is 4.79 Å². The number of H-pyrrole nitrogens is 1. The van der Waals surface area contributed by atoms with Gasteiger partial charge in [0.05, 0.1) is 12.1 Å². The third kappa shape index (κ3) is 4.60. The molecular weight excluding hydrogens is 466 g/mol. The van der Waals surface area contributed by atoms with Gasteiger partial charge in [0.2, 0.25) is 5.91 Å². The highest BCUT2D eigenvalue weighted by Gasteiger charge is 2.22. The number of aromatic amines is 1. The quantitative estimate of drug-likeness (QED) is 0.362. The number of amides is 1. The second kappa shape index (κ2) is 8.81. The van der Waals surface area contributed by atoms with E-state index in [-0.39, 0.29) is 18.7 Å². The Morgan fingerprint density at radius 1 is 1.20 bits per heavy atom. The second-order valence-corrected chi connectivity index (χ2v) is 8.63. The zero-order valence-electron chi connectivity index (χ0n) is 15.8. The number of nitrogens with one attached hydrogen (secondary N) is 2. The summed E-state index contributed by atoms with van der Waals surface area (Å²) in [7, 11) is 0. The molecule has 30 heavy (non-hydrogen) atoms. The highest BCUT2D eigenvalue weighted by Crippen LogP contribution is 2.26. The largest absolute Gasteiger partial charge is 0.480 e. The smallest absolute Gasteiger partial charge is 0.326 e. The van der Waals surface area contributed by atoms with Crippen LogP contribution >= 0.6 is 27.3 Å². The number of hydrogen-bond donors (Lipinski definition) is 3. The monoisotopic (exact) mass is 483 g/mol. The molecule has 0 bridgehead atoms. The van der Waals surface area contributed by atoms with Crippen LogP contribution in [0, 0.1) is 0 Å². The second-order valence-electron chi connectivity index (χ2n) is 6.85. The average molecular weight is 484 g/mol. The van der Waals surface area contributed by atoms with Crippen molar-refractivity contribution in [1.82, 2.24) is 15.3 Å². The third-order valence-electron chi connectivity index (χ3n) is 4.70. The maximum absolute atomic E-state index is 12.5. The number of aromatic nitrogens is 2. The molecular formula is C22H18BrN3O3S. The summed E-state index contributed by atoms with van der Waals surface area (Å²) < 4.78 is 0.955. The van der Waals surface area contributed by atoms with Crippen molar-refractivity contribution in [2.45, 2.75) is 18.9 Å². The van der Waals surface area contributed by atoms with E-state index in [9.17, 15) is 14.7 Å². The molecule has 2 aromatic heterocycles. The van der Waals surface area contributed by atoms with Crippen molar-refractivity contribution in [3.05, 3.63) is 75.8 Å². The molecule has 4 rings (SSSR count). The molecule has 0 aliphatic carbocycles. The number of carbonyl (C=O) groups excluding carboxylic acids is 1. The molecule has 2 aromatic carbocycles. The van der Waals surface area contributed by atoms with Gasteiger partial charge in [0, 0.05) is 38.9 Å². The molecule has 0 aliphatic rings. The van der Waals surface area contributed by atoms with Crippen LogP contribution in [0.4, 0.5) is 0 Å². The summed E-state index contributed by atoms with van der Waals surface area (Å²) in [5.41, 5.74) is 3.36. The van der Waals surface area contributed by atoms with Crippen LogP contribution in [0.2, 0.25) is 0 Å². The Labute approximate surface area is 185 Å². The zero-order chi connectivity index (χ0) is 21.1. The van der Waals surface area contributed by atoms with Crippen molar-refractivity contribution in [2.75, 3.05) is 0 Å². The first kappa shape index (κ1) is 20.3. The number of rotatable bonds is 7. The number of carboxylic acid groups (broad SMARTS) is 1. The number of benzene rings is 2. The Morgan fingerprint density at radius 2 is 2.03 bits per heavy atom. The molecule has 0 radical (unpaired) electrons. The van der Waals surface area contributed by atoms with Crippen molar-refractivity contribution in [3.8, 4) is 10.6 Å². The summed E-state index contributed by atoms with van der Waals surface area (Å²) >= 11 is 4.89. The van der Waals surface area contributed by atoms with Gasteiger partial charge in [0.25, 0.3) is 0 Å². The molecule has 152 valence electrons. The van der Waals surface area contributed by atoms with E-state index in [1.54, 1.807) is 6.20 Å². The van der Waals surface area contributed by atoms with Crippen LogP contribution in [-0.2, 0) is 22.4 Å². The number of aliphatic carboxylic acids is 1. The summed E-state index contributed by atoms with van der Waals surface area (Å²) in [5, 5.41) is 15.8. The van der Waals surface area contributed by atoms with Gasteiger partial charge in [-0.05, 0) is 23.8 Å². The van der Waals surface area contributed by atoms with E-state index in [0.29, 0.717) is 5.69 Å². The lowest BCUT2D eigenvalue weighted by molar-refractivity contribution is -0.141. The highest BCUT2D eigenvalue weighted by molar-refractivity contribution is 9.10. The minimum Gasteiger partial charge on any atom is -0.480 e. The molecule has 0 fully saturated rings. The Bertz CT molecular complexity index is 1220. The standard InChI is InChI=1S/C22H18BrN3O3S/c23-15-5-3-4-13(8-15)21-25-16(12-30-21)10-20(27)26-19(22(28)29)9-14-11-24-18-7-2-1-6-17(14)18/h1-8,11-12,19,24H,9-10H2,(H,26,27)(H,28,29). The molecule has 6 nitrogen and oxygen atoms in total. The molecule has 0 saturated carbocycles. The Balaban J connectivity index is 1.43. The van der Waals surface area contributed by atoms with Crippen molar-refractivity contribution in [2.24, 2.45) is 0 Å². The third-order valence-corrected chi connectivity index (χ3v) is 6.13. The molecule has 2 heterocycles. The van der Waals surface area contributed by atoms with E-state index in [1.807, 2.05) is 53.9 Å². The predicted molar refractivity (Wildman–Crippen MR) is 121 cm³/mol. The highest BCUT2D eigenvalue weighted by atomic mass is 79.9. The van der Waals surface area contributed by atoms with Crippen LogP contribution in [0.3, 0.4) is 0 Å². The van der Waals surface area contributed by atoms with Gasteiger partial charge < -0.3 is 15.4 Å². The van der Waals surface area contributed by atoms with Crippen LogP contribution in [0.1, 0.15) is 11.3 Å². The molecule has 1 unspecified atom stereocenters. The van der Waals surface area contributed by atoms with E-state index in [2.05, 4.69) is 31.2 Å². The van der Waals surface area contributed by atoms with E-state index in [0.717, 1.165) is 31.5 Å². The van der Waals surface area contributed by atoms with Crippen LogP contribution in [0.15, 0.2) is 64.6 Å². The summed E-state index contributed by atoms with van der Waals surface area (Å²) in [6.07, 6.45) is 2.02. The first-order valence-electron chi connectivity index (χ1n) is 9.27. The van der Waals surface area contributed by atoms with Gasteiger partial charge in [-0.15, -0.1) is 11.3 Å². The fraction of sp³-hybridized carbons (Fsp3) is 0.136. The first-order chi connectivity index (χ1) is 14.5. The van der Waals surface area contributed by atoms with Crippen LogP contribution in [0.5, 0.6) is 0 Å². The molecule has 8 heteroatoms. The SMILES string of the molecule is O=C(Cc1csc(-c2cccc(Br)c2)n1)NC(Cc1c[nH]c2ccccc12)C(=O)O. The summed E-state index contributed by atoms with van der Waals surface area (Å²) in [5.74, 6) is -1.44. The van der Waals surface area contributed by atoms with Crippen LogP contribution in [-0.4, -0.2) is 33.0 Å². The average Bonchev–Trinajstić information content (AvgIpc) is 3.35. The van der Waals surface area contributed by atoms with Gasteiger partial charge in [-0.25, -0.2) is 9.78 Å². The summed E-state index contributed by atoms with van der Waals surface area (Å²) in [4.78, 5) is 31.9. The summed E-state index contributed by atoms with van der Waals surface area (Å²) in [6, 6.07) is 14.4. The number of halogens is 1. The molecule has 0 saturated heterocycles. The fourth-order valence-electron chi connectivity index (χ4n) is 3.27. The number of carbonyl (C=O) groups is 2. The number of para-hydroxylation sites is 1. The zero-order valence-corrected chi connectivity index (χ0v) is 18.2. The van der Waals surface area contributed by atoms with Gasteiger partial charge in [-0.2, -0.15) is 0 Å². The van der Waals surface area contributed by atoms with Crippen molar-refractivity contribution >= 4 is 50.0 Å². The molecule has 4 aromatic rings. The molecule has 1 atom stereocenters. The lowest BCUT2D eigenvalue weighted by Gasteiger charge is -2.14. The van der Waals surface area contributed by atoms with E-state index in [4.69, 9.17) is 0 Å². The Kier molecular flexibility index (Phi) is 5.96. The summed E-state index contributed by atoms with van der Waals surface area (Å²) in [6.45, 7) is 0. The van der Waals surface area contributed by atoms with Crippen molar-refractivity contribution in [3.63, 3.8) is 0 Å². The predicted octanol–water partition coefficient (Wildman–Crippen LogP) is 4.41. The molecule has 3 N–H and O–H groups in total. The molecule has 0 spiro atoms. The van der Waals surface area contributed by atoms with Gasteiger partial charge in [-0.1, -0.05) is 46.3 Å². The lowest BCUT2D eigenvalue weighted by Crippen LogP contribution is -2.43. The normalized spacial score (nSPS) is 12.0. The fourth-order valence-corrected chi connectivity index (χ4v) is 4.49. The number of thiazole rings is 1. The minimum absolute atomic E-state index is 0.0299. The Morgan fingerprint density at radius 3 is 2.83 bits per heavy atom. The number of carboxylic acids is 1. The lowest BCUT2D eigenvalue weighted by atomic mass is 10.0. The number of fused-ring (bicyclic) bond motifs is 1. The minimum atomic E-state index is -1.07. The maximum atomic E-state index is 12.5.